The van der Waals surface area contributed by atoms with E-state index in [1.54, 1.807) is 18.3 Å². The maximum absolute atomic E-state index is 12.2. The second-order valence-electron chi connectivity index (χ2n) is 4.97. The lowest BCUT2D eigenvalue weighted by Gasteiger charge is -2.21. The van der Waals surface area contributed by atoms with E-state index in [2.05, 4.69) is 20.8 Å². The van der Waals surface area contributed by atoms with Crippen molar-refractivity contribution in [3.8, 4) is 0 Å². The Bertz CT molecular complexity index is 578. The Hall–Kier alpha value is -2.15. The molecule has 1 atom stereocenters. The fourth-order valence-electron chi connectivity index (χ4n) is 1.83. The quantitative estimate of drug-likeness (QED) is 0.756. The summed E-state index contributed by atoms with van der Waals surface area (Å²) in [5, 5.41) is 14.0. The molecular formula is C14H18N4O2S. The number of nitrogens with zero attached hydrogens (tertiary/aromatic N) is 1. The predicted octanol–water partition coefficient (Wildman–Crippen LogP) is 1.54. The van der Waals surface area contributed by atoms with E-state index in [0.717, 1.165) is 5.69 Å². The van der Waals surface area contributed by atoms with Crippen LogP contribution in [0.3, 0.4) is 0 Å². The summed E-state index contributed by atoms with van der Waals surface area (Å²) in [6, 6.07) is 4.76. The normalized spacial score (nSPS) is 12.1. The number of aromatic nitrogens is 2. The van der Waals surface area contributed by atoms with Crippen LogP contribution in [0.4, 0.5) is 0 Å². The Balaban J connectivity index is 1.94. The molecule has 0 radical (unpaired) electrons. The van der Waals surface area contributed by atoms with Crippen molar-refractivity contribution in [2.24, 2.45) is 5.92 Å². The number of thiophene rings is 1. The molecule has 0 aliphatic rings. The van der Waals surface area contributed by atoms with Gasteiger partial charge >= 0.3 is 0 Å². The standard InChI is InChI=1S/C14H18N4O2S/c1-9(2)12(17-13(19)11-4-3-7-21-11)14(20)15-8-10-5-6-16-18-10/h3-7,9,12H,8H2,1-2H3,(H,15,20)(H,16,18)(H,17,19). The Kier molecular flexibility index (Phi) is 5.10. The number of H-pyrrole nitrogens is 1. The van der Waals surface area contributed by atoms with E-state index < -0.39 is 6.04 Å². The summed E-state index contributed by atoms with van der Waals surface area (Å²) in [6.07, 6.45) is 1.62. The van der Waals surface area contributed by atoms with Gasteiger partial charge in [0.05, 0.1) is 17.1 Å². The van der Waals surface area contributed by atoms with Crippen molar-refractivity contribution in [1.29, 1.82) is 0 Å². The molecule has 2 rings (SSSR count). The van der Waals surface area contributed by atoms with E-state index in [1.165, 1.54) is 11.3 Å². The lowest BCUT2D eigenvalue weighted by atomic mass is 10.0. The largest absolute Gasteiger partial charge is 0.349 e. The highest BCUT2D eigenvalue weighted by Gasteiger charge is 2.24. The summed E-state index contributed by atoms with van der Waals surface area (Å²) in [4.78, 5) is 24.9. The number of rotatable bonds is 6. The van der Waals surface area contributed by atoms with Crippen molar-refractivity contribution in [2.45, 2.75) is 26.4 Å². The summed E-state index contributed by atoms with van der Waals surface area (Å²) in [5.74, 6) is -0.430. The molecule has 1 unspecified atom stereocenters. The van der Waals surface area contributed by atoms with Crippen LogP contribution in [0.5, 0.6) is 0 Å². The van der Waals surface area contributed by atoms with E-state index in [4.69, 9.17) is 0 Å². The summed E-state index contributed by atoms with van der Waals surface area (Å²) < 4.78 is 0. The van der Waals surface area contributed by atoms with Gasteiger partial charge in [-0.2, -0.15) is 5.10 Å². The van der Waals surface area contributed by atoms with E-state index in [-0.39, 0.29) is 17.7 Å². The van der Waals surface area contributed by atoms with E-state index in [9.17, 15) is 9.59 Å². The summed E-state index contributed by atoms with van der Waals surface area (Å²) in [6.45, 7) is 4.15. The van der Waals surface area contributed by atoms with Crippen LogP contribution in [0.25, 0.3) is 0 Å². The van der Waals surface area contributed by atoms with Crippen LogP contribution in [0, 0.1) is 5.92 Å². The Morgan fingerprint density at radius 2 is 2.19 bits per heavy atom. The highest BCUT2D eigenvalue weighted by Crippen LogP contribution is 2.10. The van der Waals surface area contributed by atoms with Crippen LogP contribution in [0.15, 0.2) is 29.8 Å². The van der Waals surface area contributed by atoms with Crippen LogP contribution in [0.1, 0.15) is 29.2 Å². The molecule has 6 nitrogen and oxygen atoms in total. The molecule has 0 saturated carbocycles. The molecule has 0 fully saturated rings. The maximum atomic E-state index is 12.2. The first-order valence-corrected chi connectivity index (χ1v) is 7.56. The third kappa shape index (κ3) is 4.16. The summed E-state index contributed by atoms with van der Waals surface area (Å²) in [7, 11) is 0. The number of aromatic amines is 1. The van der Waals surface area contributed by atoms with Gasteiger partial charge in [0.15, 0.2) is 0 Å². The molecule has 0 aliphatic heterocycles. The van der Waals surface area contributed by atoms with Crippen molar-refractivity contribution < 1.29 is 9.59 Å². The SMILES string of the molecule is CC(C)C(NC(=O)c1cccs1)C(=O)NCc1ccn[nH]1. The van der Waals surface area contributed by atoms with Crippen molar-refractivity contribution in [3.63, 3.8) is 0 Å². The fraction of sp³-hybridized carbons (Fsp3) is 0.357. The number of carbonyl (C=O) groups is 2. The van der Waals surface area contributed by atoms with Crippen LogP contribution in [-0.4, -0.2) is 28.1 Å². The number of carbonyl (C=O) groups excluding carboxylic acids is 2. The van der Waals surface area contributed by atoms with Crippen molar-refractivity contribution in [1.82, 2.24) is 20.8 Å². The fourth-order valence-corrected chi connectivity index (χ4v) is 2.46. The molecule has 0 aliphatic carbocycles. The van der Waals surface area contributed by atoms with Gasteiger partial charge in [-0.05, 0) is 23.4 Å². The number of hydrogen-bond donors (Lipinski definition) is 3. The van der Waals surface area contributed by atoms with E-state index in [0.29, 0.717) is 11.4 Å². The minimum Gasteiger partial charge on any atom is -0.349 e. The molecule has 0 bridgehead atoms. The van der Waals surface area contributed by atoms with Gasteiger partial charge in [0.2, 0.25) is 5.91 Å². The highest BCUT2D eigenvalue weighted by atomic mass is 32.1. The average molecular weight is 306 g/mol. The van der Waals surface area contributed by atoms with Crippen LogP contribution >= 0.6 is 11.3 Å². The average Bonchev–Trinajstić information content (AvgIpc) is 3.13. The molecule has 0 aromatic carbocycles. The first-order chi connectivity index (χ1) is 10.1. The van der Waals surface area contributed by atoms with Gasteiger partial charge < -0.3 is 10.6 Å². The molecule has 3 N–H and O–H groups in total. The van der Waals surface area contributed by atoms with Gasteiger partial charge in [0.25, 0.3) is 5.91 Å². The summed E-state index contributed by atoms with van der Waals surface area (Å²) in [5.41, 5.74) is 0.815. The molecule has 2 heterocycles. The van der Waals surface area contributed by atoms with Crippen LogP contribution in [-0.2, 0) is 11.3 Å². The number of amides is 2. The molecule has 2 aromatic heterocycles. The first-order valence-electron chi connectivity index (χ1n) is 6.68. The second-order valence-corrected chi connectivity index (χ2v) is 5.92. The van der Waals surface area contributed by atoms with Crippen molar-refractivity contribution in [2.75, 3.05) is 0 Å². The number of nitrogens with one attached hydrogen (secondary N) is 3. The van der Waals surface area contributed by atoms with Gasteiger partial charge in [0, 0.05) is 6.20 Å². The van der Waals surface area contributed by atoms with Gasteiger partial charge in [-0.1, -0.05) is 19.9 Å². The zero-order chi connectivity index (χ0) is 15.2. The van der Waals surface area contributed by atoms with Gasteiger partial charge in [0.1, 0.15) is 6.04 Å². The third-order valence-corrected chi connectivity index (χ3v) is 3.86. The molecular weight excluding hydrogens is 288 g/mol. The van der Waals surface area contributed by atoms with Crippen LogP contribution < -0.4 is 10.6 Å². The Morgan fingerprint density at radius 1 is 1.38 bits per heavy atom. The second kappa shape index (κ2) is 7.03. The number of hydrogen-bond acceptors (Lipinski definition) is 4. The molecule has 0 spiro atoms. The minimum atomic E-state index is -0.567. The lowest BCUT2D eigenvalue weighted by Crippen LogP contribution is -2.49. The smallest absolute Gasteiger partial charge is 0.262 e. The van der Waals surface area contributed by atoms with Gasteiger partial charge in [-0.3, -0.25) is 14.7 Å². The maximum Gasteiger partial charge on any atom is 0.262 e. The Morgan fingerprint density at radius 3 is 2.76 bits per heavy atom. The minimum absolute atomic E-state index is 0.00400. The molecule has 2 amide bonds. The third-order valence-electron chi connectivity index (χ3n) is 2.99. The highest BCUT2D eigenvalue weighted by molar-refractivity contribution is 7.12. The van der Waals surface area contributed by atoms with Gasteiger partial charge in [-0.15, -0.1) is 11.3 Å². The summed E-state index contributed by atoms with van der Waals surface area (Å²) >= 11 is 1.35. The van der Waals surface area contributed by atoms with E-state index >= 15 is 0 Å². The Labute approximate surface area is 127 Å². The topological polar surface area (TPSA) is 86.9 Å². The van der Waals surface area contributed by atoms with Crippen LogP contribution in [0.2, 0.25) is 0 Å². The lowest BCUT2D eigenvalue weighted by molar-refractivity contribution is -0.124. The molecule has 21 heavy (non-hydrogen) atoms. The van der Waals surface area contributed by atoms with E-state index in [1.807, 2.05) is 25.3 Å². The van der Waals surface area contributed by atoms with Gasteiger partial charge in [-0.25, -0.2) is 0 Å². The molecule has 7 heteroatoms. The molecule has 112 valence electrons. The monoisotopic (exact) mass is 306 g/mol. The first kappa shape index (κ1) is 15.2. The molecule has 0 saturated heterocycles. The molecule has 2 aromatic rings. The zero-order valence-electron chi connectivity index (χ0n) is 11.9. The van der Waals surface area contributed by atoms with Crippen molar-refractivity contribution in [3.05, 3.63) is 40.3 Å². The van der Waals surface area contributed by atoms with Crippen molar-refractivity contribution >= 4 is 23.2 Å². The zero-order valence-corrected chi connectivity index (χ0v) is 12.7. The predicted molar refractivity (Wildman–Crippen MR) is 80.8 cm³/mol.